The molecule has 0 radical (unpaired) electrons. The van der Waals surface area contributed by atoms with Gasteiger partial charge >= 0.3 is 4.87 Å². The van der Waals surface area contributed by atoms with Crippen molar-refractivity contribution in [2.75, 3.05) is 22.8 Å². The Morgan fingerprint density at radius 2 is 1.76 bits per heavy atom. The molecule has 1 amide bonds. The molecule has 4 aromatic rings. The van der Waals surface area contributed by atoms with Crippen LogP contribution in [0.2, 0.25) is 0 Å². The Kier molecular flexibility index (Phi) is 6.71. The first-order valence-electron chi connectivity index (χ1n) is 10.5. The number of thiazole rings is 1. The molecule has 0 aliphatic carbocycles. The summed E-state index contributed by atoms with van der Waals surface area (Å²) in [5, 5.41) is 2.74. The van der Waals surface area contributed by atoms with E-state index in [9.17, 15) is 18.0 Å². The van der Waals surface area contributed by atoms with Gasteiger partial charge in [0.1, 0.15) is 12.3 Å². The lowest BCUT2D eigenvalue weighted by Crippen LogP contribution is -2.38. The average Bonchev–Trinajstić information content (AvgIpc) is 3.11. The molecule has 4 rings (SSSR count). The Bertz CT molecular complexity index is 1480. The van der Waals surface area contributed by atoms with Crippen molar-refractivity contribution in [1.82, 2.24) is 4.57 Å². The lowest BCUT2D eigenvalue weighted by Gasteiger charge is -2.24. The highest BCUT2D eigenvalue weighted by molar-refractivity contribution is 7.92. The summed E-state index contributed by atoms with van der Waals surface area (Å²) in [5.41, 5.74) is 1.57. The van der Waals surface area contributed by atoms with Gasteiger partial charge in [-0.15, -0.1) is 0 Å². The van der Waals surface area contributed by atoms with E-state index >= 15 is 0 Å². The van der Waals surface area contributed by atoms with E-state index in [0.29, 0.717) is 23.7 Å². The third-order valence-corrected chi connectivity index (χ3v) is 7.91. The summed E-state index contributed by atoms with van der Waals surface area (Å²) in [6.07, 6.45) is 0. The minimum absolute atomic E-state index is 0.0761. The third-order valence-electron chi connectivity index (χ3n) is 5.13. The van der Waals surface area contributed by atoms with Crippen molar-refractivity contribution in [3.05, 3.63) is 82.5 Å². The summed E-state index contributed by atoms with van der Waals surface area (Å²) >= 11 is 1.08. The van der Waals surface area contributed by atoms with Crippen molar-refractivity contribution in [3.63, 3.8) is 0 Å². The first kappa shape index (κ1) is 23.5. The molecule has 0 unspecified atom stereocenters. The fraction of sp³-hybridized carbons (Fsp3) is 0.167. The van der Waals surface area contributed by atoms with E-state index in [4.69, 9.17) is 4.74 Å². The summed E-state index contributed by atoms with van der Waals surface area (Å²) in [6, 6.07) is 19.6. The van der Waals surface area contributed by atoms with E-state index in [1.807, 2.05) is 6.92 Å². The number of nitrogens with zero attached hydrogens (tertiary/aromatic N) is 2. The molecule has 0 fully saturated rings. The Hall–Kier alpha value is -3.63. The van der Waals surface area contributed by atoms with Gasteiger partial charge in [0, 0.05) is 12.7 Å². The van der Waals surface area contributed by atoms with Crippen LogP contribution >= 0.6 is 11.3 Å². The lowest BCUT2D eigenvalue weighted by molar-refractivity contribution is -0.114. The second kappa shape index (κ2) is 9.70. The molecule has 1 heterocycles. The van der Waals surface area contributed by atoms with Crippen LogP contribution in [0.1, 0.15) is 6.92 Å². The molecule has 1 N–H and O–H groups in total. The maximum Gasteiger partial charge on any atom is 0.307 e. The van der Waals surface area contributed by atoms with E-state index < -0.39 is 22.5 Å². The zero-order valence-electron chi connectivity index (χ0n) is 18.6. The van der Waals surface area contributed by atoms with Crippen LogP contribution < -0.4 is 19.2 Å². The number of rotatable bonds is 8. The molecule has 0 aliphatic rings. The number of nitrogens with one attached hydrogen (secondary N) is 1. The van der Waals surface area contributed by atoms with Gasteiger partial charge in [0.25, 0.3) is 10.0 Å². The van der Waals surface area contributed by atoms with Crippen LogP contribution in [0.4, 0.5) is 11.4 Å². The van der Waals surface area contributed by atoms with Gasteiger partial charge in [0.15, 0.2) is 0 Å². The van der Waals surface area contributed by atoms with Crippen LogP contribution in [0.5, 0.6) is 5.75 Å². The molecule has 176 valence electrons. The van der Waals surface area contributed by atoms with Crippen LogP contribution in [-0.2, 0) is 21.9 Å². The highest BCUT2D eigenvalue weighted by Crippen LogP contribution is 2.26. The summed E-state index contributed by atoms with van der Waals surface area (Å²) in [4.78, 5) is 24.8. The zero-order chi connectivity index (χ0) is 24.3. The number of hydrogen-bond donors (Lipinski definition) is 1. The van der Waals surface area contributed by atoms with Gasteiger partial charge in [-0.3, -0.25) is 13.9 Å². The molecule has 3 aromatic carbocycles. The minimum atomic E-state index is -4.01. The number of hydrogen-bond acceptors (Lipinski definition) is 6. The number of sulfonamides is 1. The highest BCUT2D eigenvalue weighted by Gasteiger charge is 2.27. The molecular formula is C24H23N3O5S2. The van der Waals surface area contributed by atoms with Gasteiger partial charge in [-0.05, 0) is 61.5 Å². The number of ether oxygens (including phenoxy) is 1. The molecule has 0 spiro atoms. The molecule has 0 aliphatic heterocycles. The summed E-state index contributed by atoms with van der Waals surface area (Å²) in [6.45, 7) is 1.90. The van der Waals surface area contributed by atoms with Gasteiger partial charge < -0.3 is 14.6 Å². The number of fused-ring (bicyclic) bond motifs is 1. The van der Waals surface area contributed by atoms with Crippen molar-refractivity contribution >= 4 is 48.9 Å². The van der Waals surface area contributed by atoms with Gasteiger partial charge in [-0.1, -0.05) is 29.5 Å². The number of benzene rings is 3. The molecule has 1 aromatic heterocycles. The third kappa shape index (κ3) is 4.82. The van der Waals surface area contributed by atoms with E-state index in [1.54, 1.807) is 67.7 Å². The largest absolute Gasteiger partial charge is 0.494 e. The van der Waals surface area contributed by atoms with Gasteiger partial charge in [0.05, 0.1) is 27.4 Å². The summed E-state index contributed by atoms with van der Waals surface area (Å²) < 4.78 is 35.6. The summed E-state index contributed by atoms with van der Waals surface area (Å²) in [5.74, 6) is 0.0823. The van der Waals surface area contributed by atoms with Crippen molar-refractivity contribution < 1.29 is 17.9 Å². The quantitative estimate of drug-likeness (QED) is 0.399. The topological polar surface area (TPSA) is 97.7 Å². The maximum absolute atomic E-state index is 13.4. The molecule has 8 nitrogen and oxygen atoms in total. The standard InChI is InChI=1S/C24H23N3O5S2/c1-3-32-19-12-10-18(11-13-19)27(34(30,31)20-7-5-4-6-8-20)16-23(28)25-17-9-14-21-22(15-17)33-24(29)26(21)2/h4-15H,3,16H2,1-2H3,(H,25,28). The van der Waals surface area contributed by atoms with Crippen molar-refractivity contribution in [1.29, 1.82) is 0 Å². The van der Waals surface area contributed by atoms with E-state index in [-0.39, 0.29) is 9.77 Å². The van der Waals surface area contributed by atoms with E-state index in [2.05, 4.69) is 5.32 Å². The van der Waals surface area contributed by atoms with Gasteiger partial charge in [-0.2, -0.15) is 0 Å². The van der Waals surface area contributed by atoms with Crippen LogP contribution in [0.3, 0.4) is 0 Å². The molecule has 0 saturated carbocycles. The number of carbonyl (C=O) groups is 1. The molecule has 0 atom stereocenters. The molecule has 0 bridgehead atoms. The van der Waals surface area contributed by atoms with Crippen LogP contribution in [0.15, 0.2) is 82.5 Å². The van der Waals surface area contributed by atoms with Crippen LogP contribution in [0, 0.1) is 0 Å². The smallest absolute Gasteiger partial charge is 0.307 e. The average molecular weight is 498 g/mol. The number of carbonyl (C=O) groups excluding carboxylic acids is 1. The predicted molar refractivity (Wildman–Crippen MR) is 134 cm³/mol. The van der Waals surface area contributed by atoms with Crippen molar-refractivity contribution in [3.8, 4) is 5.75 Å². The number of aryl methyl sites for hydroxylation is 1. The second-order valence-electron chi connectivity index (χ2n) is 7.41. The van der Waals surface area contributed by atoms with Crippen LogP contribution in [-0.4, -0.2) is 32.0 Å². The number of aromatic nitrogens is 1. The fourth-order valence-electron chi connectivity index (χ4n) is 3.45. The molecule has 34 heavy (non-hydrogen) atoms. The Labute approximate surface area is 201 Å². The summed E-state index contributed by atoms with van der Waals surface area (Å²) in [7, 11) is -2.33. The Morgan fingerprint density at radius 1 is 1.06 bits per heavy atom. The highest BCUT2D eigenvalue weighted by atomic mass is 32.2. The number of amides is 1. The predicted octanol–water partition coefficient (Wildman–Crippen LogP) is 3.83. The zero-order valence-corrected chi connectivity index (χ0v) is 20.2. The SMILES string of the molecule is CCOc1ccc(N(CC(=O)Nc2ccc3c(c2)sc(=O)n3C)S(=O)(=O)c2ccccc2)cc1. The van der Waals surface area contributed by atoms with Crippen molar-refractivity contribution in [2.24, 2.45) is 7.05 Å². The first-order chi connectivity index (χ1) is 16.3. The Balaban J connectivity index is 1.63. The number of anilines is 2. The van der Waals surface area contributed by atoms with E-state index in [1.165, 1.54) is 16.7 Å². The van der Waals surface area contributed by atoms with Gasteiger partial charge in [-0.25, -0.2) is 8.42 Å². The normalized spacial score (nSPS) is 11.4. The second-order valence-corrected chi connectivity index (χ2v) is 10.3. The Morgan fingerprint density at radius 3 is 2.44 bits per heavy atom. The lowest BCUT2D eigenvalue weighted by atomic mass is 10.3. The molecule has 10 heteroatoms. The monoisotopic (exact) mass is 497 g/mol. The van der Waals surface area contributed by atoms with E-state index in [0.717, 1.165) is 25.9 Å². The fourth-order valence-corrected chi connectivity index (χ4v) is 5.81. The van der Waals surface area contributed by atoms with Crippen molar-refractivity contribution in [2.45, 2.75) is 11.8 Å². The van der Waals surface area contributed by atoms with Crippen LogP contribution in [0.25, 0.3) is 10.2 Å². The van der Waals surface area contributed by atoms with Gasteiger partial charge in [0.2, 0.25) is 5.91 Å². The molecular weight excluding hydrogens is 474 g/mol. The maximum atomic E-state index is 13.4. The minimum Gasteiger partial charge on any atom is -0.494 e. The first-order valence-corrected chi connectivity index (χ1v) is 12.8. The molecule has 0 saturated heterocycles.